The standard InChI is InChI=1S/C19H30N2O2/c1-15-8-5-6-9-16(15)14-20-12-11-17-10-7-13-21(17)18(22)23-19(2,3)4/h5-6,8-9,17,20H,7,10-14H2,1-4H3. The molecule has 2 rings (SSSR count). The van der Waals surface area contributed by atoms with E-state index in [-0.39, 0.29) is 6.09 Å². The molecule has 0 aliphatic carbocycles. The van der Waals surface area contributed by atoms with Crippen LogP contribution in [0.1, 0.15) is 51.2 Å². The van der Waals surface area contributed by atoms with Gasteiger partial charge in [0.25, 0.3) is 0 Å². The van der Waals surface area contributed by atoms with Gasteiger partial charge in [0.1, 0.15) is 5.60 Å². The summed E-state index contributed by atoms with van der Waals surface area (Å²) in [7, 11) is 0. The largest absolute Gasteiger partial charge is 0.444 e. The fourth-order valence-corrected chi connectivity index (χ4v) is 3.00. The second-order valence-electron chi connectivity index (χ2n) is 7.36. The highest BCUT2D eigenvalue weighted by molar-refractivity contribution is 5.68. The summed E-state index contributed by atoms with van der Waals surface area (Å²) in [6.45, 7) is 10.5. The van der Waals surface area contributed by atoms with Crippen molar-refractivity contribution in [2.75, 3.05) is 13.1 Å². The highest BCUT2D eigenvalue weighted by atomic mass is 16.6. The molecule has 0 bridgehead atoms. The third-order valence-corrected chi connectivity index (χ3v) is 4.24. The first kappa shape index (κ1) is 17.8. The normalized spacial score (nSPS) is 18.3. The molecule has 1 amide bonds. The number of nitrogens with one attached hydrogen (secondary N) is 1. The molecule has 1 aliphatic heterocycles. The van der Waals surface area contributed by atoms with Crippen LogP contribution >= 0.6 is 0 Å². The van der Waals surface area contributed by atoms with Crippen molar-refractivity contribution in [3.63, 3.8) is 0 Å². The summed E-state index contributed by atoms with van der Waals surface area (Å²) < 4.78 is 5.51. The van der Waals surface area contributed by atoms with Crippen LogP contribution in [0.2, 0.25) is 0 Å². The lowest BCUT2D eigenvalue weighted by Crippen LogP contribution is -2.40. The summed E-state index contributed by atoms with van der Waals surface area (Å²) in [5, 5.41) is 3.50. The van der Waals surface area contributed by atoms with Crippen LogP contribution in [0, 0.1) is 6.92 Å². The van der Waals surface area contributed by atoms with Crippen LogP contribution in [0.4, 0.5) is 4.79 Å². The molecular weight excluding hydrogens is 288 g/mol. The van der Waals surface area contributed by atoms with Crippen LogP contribution in [0.5, 0.6) is 0 Å². The number of amides is 1. The lowest BCUT2D eigenvalue weighted by atomic mass is 10.1. The Balaban J connectivity index is 1.76. The minimum atomic E-state index is -0.423. The van der Waals surface area contributed by atoms with E-state index in [4.69, 9.17) is 4.74 Å². The van der Waals surface area contributed by atoms with Gasteiger partial charge >= 0.3 is 6.09 Å². The van der Waals surface area contributed by atoms with Gasteiger partial charge in [0.15, 0.2) is 0 Å². The highest BCUT2D eigenvalue weighted by Gasteiger charge is 2.31. The predicted octanol–water partition coefficient (Wildman–Crippen LogP) is 3.87. The first-order valence-corrected chi connectivity index (χ1v) is 8.61. The third-order valence-electron chi connectivity index (χ3n) is 4.24. The van der Waals surface area contributed by atoms with Gasteiger partial charge in [-0.2, -0.15) is 0 Å². The van der Waals surface area contributed by atoms with Crippen LogP contribution in [-0.2, 0) is 11.3 Å². The Bertz CT molecular complexity index is 522. The van der Waals surface area contributed by atoms with Gasteiger partial charge in [-0.3, -0.25) is 0 Å². The Labute approximate surface area is 140 Å². The molecule has 1 heterocycles. The van der Waals surface area contributed by atoms with E-state index >= 15 is 0 Å². The number of carbonyl (C=O) groups is 1. The average molecular weight is 318 g/mol. The van der Waals surface area contributed by atoms with E-state index < -0.39 is 5.60 Å². The molecule has 1 aromatic carbocycles. The molecule has 1 atom stereocenters. The van der Waals surface area contributed by atoms with E-state index in [1.807, 2.05) is 25.7 Å². The summed E-state index contributed by atoms with van der Waals surface area (Å²) in [5.74, 6) is 0. The highest BCUT2D eigenvalue weighted by Crippen LogP contribution is 2.22. The van der Waals surface area contributed by atoms with E-state index in [1.165, 1.54) is 11.1 Å². The molecule has 1 aromatic rings. The molecule has 4 heteroatoms. The fourth-order valence-electron chi connectivity index (χ4n) is 3.00. The molecule has 1 fully saturated rings. The maximum Gasteiger partial charge on any atom is 0.410 e. The number of carbonyl (C=O) groups excluding carboxylic acids is 1. The van der Waals surface area contributed by atoms with Gasteiger partial charge in [-0.25, -0.2) is 4.79 Å². The molecular formula is C19H30N2O2. The van der Waals surface area contributed by atoms with Crippen molar-refractivity contribution < 1.29 is 9.53 Å². The molecule has 1 unspecified atom stereocenters. The minimum absolute atomic E-state index is 0.168. The van der Waals surface area contributed by atoms with Gasteiger partial charge in [-0.1, -0.05) is 24.3 Å². The molecule has 23 heavy (non-hydrogen) atoms. The quantitative estimate of drug-likeness (QED) is 0.838. The molecule has 0 saturated carbocycles. The maximum absolute atomic E-state index is 12.3. The summed E-state index contributed by atoms with van der Waals surface area (Å²) in [6, 6.07) is 8.74. The molecule has 1 N–H and O–H groups in total. The smallest absolute Gasteiger partial charge is 0.410 e. The summed E-state index contributed by atoms with van der Waals surface area (Å²) in [6.07, 6.45) is 2.96. The number of likely N-dealkylation sites (tertiary alicyclic amines) is 1. The second-order valence-corrected chi connectivity index (χ2v) is 7.36. The van der Waals surface area contributed by atoms with Crippen molar-refractivity contribution in [1.82, 2.24) is 10.2 Å². The van der Waals surface area contributed by atoms with Crippen LogP contribution in [0.3, 0.4) is 0 Å². The zero-order valence-electron chi connectivity index (χ0n) is 14.9. The molecule has 1 aliphatic rings. The number of aryl methyl sites for hydroxylation is 1. The van der Waals surface area contributed by atoms with Crippen molar-refractivity contribution in [2.24, 2.45) is 0 Å². The van der Waals surface area contributed by atoms with Crippen LogP contribution in [-0.4, -0.2) is 35.7 Å². The summed E-state index contributed by atoms with van der Waals surface area (Å²) in [5.41, 5.74) is 2.23. The van der Waals surface area contributed by atoms with Crippen molar-refractivity contribution in [3.8, 4) is 0 Å². The predicted molar refractivity (Wildman–Crippen MR) is 93.5 cm³/mol. The van der Waals surface area contributed by atoms with Crippen molar-refractivity contribution >= 4 is 6.09 Å². The van der Waals surface area contributed by atoms with Crippen LogP contribution in [0.25, 0.3) is 0 Å². The average Bonchev–Trinajstić information content (AvgIpc) is 2.92. The SMILES string of the molecule is Cc1ccccc1CNCCC1CCCN1C(=O)OC(C)(C)C. The number of rotatable bonds is 5. The lowest BCUT2D eigenvalue weighted by Gasteiger charge is -2.28. The Kier molecular flexibility index (Phi) is 6.05. The van der Waals surface area contributed by atoms with Gasteiger partial charge in [0, 0.05) is 19.1 Å². The third kappa shape index (κ3) is 5.54. The Morgan fingerprint density at radius 2 is 2.09 bits per heavy atom. The van der Waals surface area contributed by atoms with Gasteiger partial charge < -0.3 is 15.0 Å². The van der Waals surface area contributed by atoms with Crippen LogP contribution in [0.15, 0.2) is 24.3 Å². The second kappa shape index (κ2) is 7.82. The Hall–Kier alpha value is -1.55. The van der Waals surface area contributed by atoms with Gasteiger partial charge in [-0.15, -0.1) is 0 Å². The van der Waals surface area contributed by atoms with Gasteiger partial charge in [0.05, 0.1) is 0 Å². The molecule has 0 spiro atoms. The number of hydrogen-bond acceptors (Lipinski definition) is 3. The van der Waals surface area contributed by atoms with E-state index in [2.05, 4.69) is 36.5 Å². The van der Waals surface area contributed by atoms with E-state index in [0.29, 0.717) is 6.04 Å². The molecule has 128 valence electrons. The maximum atomic E-state index is 12.3. The van der Waals surface area contributed by atoms with E-state index in [0.717, 1.165) is 38.9 Å². The first-order valence-electron chi connectivity index (χ1n) is 8.61. The molecule has 4 nitrogen and oxygen atoms in total. The van der Waals surface area contributed by atoms with Crippen molar-refractivity contribution in [2.45, 2.75) is 65.1 Å². The first-order chi connectivity index (χ1) is 10.9. The number of hydrogen-bond donors (Lipinski definition) is 1. The minimum Gasteiger partial charge on any atom is -0.444 e. The zero-order valence-corrected chi connectivity index (χ0v) is 14.9. The van der Waals surface area contributed by atoms with E-state index in [1.54, 1.807) is 0 Å². The number of benzene rings is 1. The van der Waals surface area contributed by atoms with Gasteiger partial charge in [0.2, 0.25) is 0 Å². The molecule has 0 radical (unpaired) electrons. The van der Waals surface area contributed by atoms with Crippen molar-refractivity contribution in [3.05, 3.63) is 35.4 Å². The zero-order chi connectivity index (χ0) is 16.9. The Morgan fingerprint density at radius 1 is 1.35 bits per heavy atom. The Morgan fingerprint density at radius 3 is 2.78 bits per heavy atom. The molecule has 0 aromatic heterocycles. The monoisotopic (exact) mass is 318 g/mol. The molecule has 1 saturated heterocycles. The summed E-state index contributed by atoms with van der Waals surface area (Å²) in [4.78, 5) is 14.2. The lowest BCUT2D eigenvalue weighted by molar-refractivity contribution is 0.0221. The summed E-state index contributed by atoms with van der Waals surface area (Å²) >= 11 is 0. The number of ether oxygens (including phenoxy) is 1. The topological polar surface area (TPSA) is 41.6 Å². The van der Waals surface area contributed by atoms with Crippen LogP contribution < -0.4 is 5.32 Å². The van der Waals surface area contributed by atoms with Crippen molar-refractivity contribution in [1.29, 1.82) is 0 Å². The van der Waals surface area contributed by atoms with Gasteiger partial charge in [-0.05, 0) is 64.6 Å². The van der Waals surface area contributed by atoms with E-state index in [9.17, 15) is 4.79 Å². The number of nitrogens with zero attached hydrogens (tertiary/aromatic N) is 1. The fraction of sp³-hybridized carbons (Fsp3) is 0.632.